The van der Waals surface area contributed by atoms with Crippen molar-refractivity contribution in [1.82, 2.24) is 4.98 Å². The van der Waals surface area contributed by atoms with Crippen LogP contribution in [0.4, 0.5) is 0 Å². The van der Waals surface area contributed by atoms with Gasteiger partial charge in [-0.3, -0.25) is 9.78 Å². The van der Waals surface area contributed by atoms with Gasteiger partial charge in [0.1, 0.15) is 5.69 Å². The van der Waals surface area contributed by atoms with Crippen LogP contribution in [0.25, 0.3) is 0 Å². The van der Waals surface area contributed by atoms with Crippen LogP contribution in [-0.2, 0) is 0 Å². The number of pyridine rings is 1. The third-order valence-corrected chi connectivity index (χ3v) is 2.11. The molecule has 0 aliphatic heterocycles. The highest BCUT2D eigenvalue weighted by Gasteiger charge is 2.08. The smallest absolute Gasteiger partial charge is 0.191 e. The molecule has 2 nitrogen and oxygen atoms in total. The van der Waals surface area contributed by atoms with E-state index in [1.807, 2.05) is 19.9 Å². The topological polar surface area (TPSA) is 30.0 Å². The minimum atomic E-state index is 0.0347. The van der Waals surface area contributed by atoms with Crippen molar-refractivity contribution in [3.63, 3.8) is 0 Å². The van der Waals surface area contributed by atoms with Crippen LogP contribution in [0, 0.1) is 13.8 Å². The molecule has 0 saturated heterocycles. The Morgan fingerprint density at radius 3 is 2.75 bits per heavy atom. The van der Waals surface area contributed by atoms with Gasteiger partial charge in [0.15, 0.2) is 5.78 Å². The molecule has 0 spiro atoms. The third-order valence-electron chi connectivity index (χ3n) is 1.60. The second-order valence-corrected chi connectivity index (χ2v) is 3.30. The van der Waals surface area contributed by atoms with Crippen LogP contribution in [0.15, 0.2) is 12.3 Å². The number of hydrogen-bond donors (Lipinski definition) is 0. The van der Waals surface area contributed by atoms with Gasteiger partial charge in [0.25, 0.3) is 0 Å². The van der Waals surface area contributed by atoms with Gasteiger partial charge in [-0.15, -0.1) is 0 Å². The number of nitrogens with zero attached hydrogens (tertiary/aromatic N) is 1. The SMILES string of the molecule is Cc1cnc(C(=O)CBr)c(C)c1. The average molecular weight is 228 g/mol. The summed E-state index contributed by atoms with van der Waals surface area (Å²) in [5, 5.41) is 0.337. The molecule has 12 heavy (non-hydrogen) atoms. The minimum Gasteiger partial charge on any atom is -0.291 e. The maximum absolute atomic E-state index is 11.2. The standard InChI is InChI=1S/C9H10BrNO/c1-6-3-7(2)9(11-5-6)8(12)4-10/h3,5H,4H2,1-2H3. The molecule has 0 bridgehead atoms. The zero-order valence-electron chi connectivity index (χ0n) is 7.10. The highest BCUT2D eigenvalue weighted by molar-refractivity contribution is 9.09. The predicted molar refractivity (Wildman–Crippen MR) is 51.8 cm³/mol. The molecule has 3 heteroatoms. The van der Waals surface area contributed by atoms with Gasteiger partial charge in [-0.2, -0.15) is 0 Å². The van der Waals surface area contributed by atoms with Crippen molar-refractivity contribution in [2.24, 2.45) is 0 Å². The van der Waals surface area contributed by atoms with E-state index in [4.69, 9.17) is 0 Å². The number of hydrogen-bond acceptors (Lipinski definition) is 2. The van der Waals surface area contributed by atoms with Crippen molar-refractivity contribution in [3.05, 3.63) is 29.1 Å². The largest absolute Gasteiger partial charge is 0.291 e. The molecule has 0 amide bonds. The van der Waals surface area contributed by atoms with Gasteiger partial charge in [0.2, 0.25) is 0 Å². The first-order chi connectivity index (χ1) is 5.65. The number of rotatable bonds is 2. The van der Waals surface area contributed by atoms with E-state index in [1.165, 1.54) is 0 Å². The summed E-state index contributed by atoms with van der Waals surface area (Å²) >= 11 is 3.11. The van der Waals surface area contributed by atoms with E-state index in [9.17, 15) is 4.79 Å². The van der Waals surface area contributed by atoms with Gasteiger partial charge in [0, 0.05) is 6.20 Å². The number of carbonyl (C=O) groups excluding carboxylic acids is 1. The Balaban J connectivity index is 3.09. The maximum atomic E-state index is 11.2. The molecule has 1 rings (SSSR count). The second kappa shape index (κ2) is 3.81. The quantitative estimate of drug-likeness (QED) is 0.574. The number of alkyl halides is 1. The highest BCUT2D eigenvalue weighted by atomic mass is 79.9. The molecule has 0 aromatic carbocycles. The van der Waals surface area contributed by atoms with Gasteiger partial charge < -0.3 is 0 Å². The van der Waals surface area contributed by atoms with E-state index < -0.39 is 0 Å². The van der Waals surface area contributed by atoms with Crippen LogP contribution < -0.4 is 0 Å². The Hall–Kier alpha value is -0.700. The summed E-state index contributed by atoms with van der Waals surface area (Å²) in [7, 11) is 0. The molecule has 0 atom stereocenters. The number of carbonyl (C=O) groups is 1. The predicted octanol–water partition coefficient (Wildman–Crippen LogP) is 2.28. The molecule has 1 aromatic heterocycles. The lowest BCUT2D eigenvalue weighted by molar-refractivity contribution is 0.101. The molecule has 0 aliphatic rings. The van der Waals surface area contributed by atoms with E-state index in [0.717, 1.165) is 11.1 Å². The maximum Gasteiger partial charge on any atom is 0.191 e. The van der Waals surface area contributed by atoms with Crippen molar-refractivity contribution >= 4 is 21.7 Å². The van der Waals surface area contributed by atoms with Gasteiger partial charge in [-0.05, 0) is 25.0 Å². The normalized spacial score (nSPS) is 9.92. The van der Waals surface area contributed by atoms with Crippen LogP contribution in [0.5, 0.6) is 0 Å². The summed E-state index contributed by atoms with van der Waals surface area (Å²) < 4.78 is 0. The monoisotopic (exact) mass is 227 g/mol. The summed E-state index contributed by atoms with van der Waals surface area (Å²) in [6.07, 6.45) is 1.71. The minimum absolute atomic E-state index is 0.0347. The van der Waals surface area contributed by atoms with Gasteiger partial charge in [-0.1, -0.05) is 22.0 Å². The van der Waals surface area contributed by atoms with E-state index in [2.05, 4.69) is 20.9 Å². The van der Waals surface area contributed by atoms with Crippen molar-refractivity contribution in [2.75, 3.05) is 5.33 Å². The summed E-state index contributed by atoms with van der Waals surface area (Å²) in [5.74, 6) is 0.0347. The molecule has 0 saturated carbocycles. The van der Waals surface area contributed by atoms with Crippen LogP contribution >= 0.6 is 15.9 Å². The summed E-state index contributed by atoms with van der Waals surface area (Å²) in [5.41, 5.74) is 2.59. The summed E-state index contributed by atoms with van der Waals surface area (Å²) in [4.78, 5) is 15.3. The zero-order valence-corrected chi connectivity index (χ0v) is 8.68. The molecule has 64 valence electrons. The van der Waals surface area contributed by atoms with E-state index in [1.54, 1.807) is 6.20 Å². The Labute approximate surface area is 80.1 Å². The Bertz CT molecular complexity index is 309. The number of halogens is 1. The van der Waals surface area contributed by atoms with Gasteiger partial charge >= 0.3 is 0 Å². The zero-order chi connectivity index (χ0) is 9.14. The first-order valence-corrected chi connectivity index (χ1v) is 4.79. The van der Waals surface area contributed by atoms with Gasteiger partial charge in [0.05, 0.1) is 5.33 Å². The number of ketones is 1. The number of Topliss-reactive ketones (excluding diaryl/α,β-unsaturated/α-hetero) is 1. The van der Waals surface area contributed by atoms with Crippen molar-refractivity contribution in [3.8, 4) is 0 Å². The third kappa shape index (κ3) is 1.91. The van der Waals surface area contributed by atoms with Crippen LogP contribution in [-0.4, -0.2) is 16.1 Å². The lowest BCUT2D eigenvalue weighted by atomic mass is 10.1. The summed E-state index contributed by atoms with van der Waals surface area (Å²) in [6, 6.07) is 1.96. The molecule has 0 unspecified atom stereocenters. The highest BCUT2D eigenvalue weighted by Crippen LogP contribution is 2.08. The lowest BCUT2D eigenvalue weighted by Gasteiger charge is -2.01. The molecule has 0 radical (unpaired) electrons. The molecular formula is C9H10BrNO. The number of aryl methyl sites for hydroxylation is 2. The van der Waals surface area contributed by atoms with Crippen molar-refractivity contribution < 1.29 is 4.79 Å². The first-order valence-electron chi connectivity index (χ1n) is 3.67. The Kier molecular flexibility index (Phi) is 2.98. The first kappa shape index (κ1) is 9.39. The van der Waals surface area contributed by atoms with Gasteiger partial charge in [-0.25, -0.2) is 0 Å². The van der Waals surface area contributed by atoms with Crippen molar-refractivity contribution in [2.45, 2.75) is 13.8 Å². The lowest BCUT2D eigenvalue weighted by Crippen LogP contribution is -2.05. The Morgan fingerprint density at radius 1 is 1.58 bits per heavy atom. The van der Waals surface area contributed by atoms with Crippen LogP contribution in [0.1, 0.15) is 21.6 Å². The Morgan fingerprint density at radius 2 is 2.25 bits per heavy atom. The molecule has 0 aliphatic carbocycles. The number of aromatic nitrogens is 1. The fourth-order valence-corrected chi connectivity index (χ4v) is 1.34. The molecule has 1 heterocycles. The fraction of sp³-hybridized carbons (Fsp3) is 0.333. The van der Waals surface area contributed by atoms with Crippen LogP contribution in [0.3, 0.4) is 0 Å². The summed E-state index contributed by atoms with van der Waals surface area (Å²) in [6.45, 7) is 3.86. The average Bonchev–Trinajstić information content (AvgIpc) is 2.03. The van der Waals surface area contributed by atoms with Crippen molar-refractivity contribution in [1.29, 1.82) is 0 Å². The molecule has 0 N–H and O–H groups in total. The molecule has 1 aromatic rings. The van der Waals surface area contributed by atoms with Crippen LogP contribution in [0.2, 0.25) is 0 Å². The van der Waals surface area contributed by atoms with E-state index in [-0.39, 0.29) is 5.78 Å². The second-order valence-electron chi connectivity index (χ2n) is 2.73. The fourth-order valence-electron chi connectivity index (χ4n) is 1.07. The molecule has 0 fully saturated rings. The van der Waals surface area contributed by atoms with E-state index in [0.29, 0.717) is 11.0 Å². The molecular weight excluding hydrogens is 218 g/mol. The van der Waals surface area contributed by atoms with E-state index >= 15 is 0 Å².